The van der Waals surface area contributed by atoms with E-state index in [0.717, 1.165) is 0 Å². The number of rotatable bonds is 2. The summed E-state index contributed by atoms with van der Waals surface area (Å²) in [6.07, 6.45) is 1.75. The monoisotopic (exact) mass is 171 g/mol. The quantitative estimate of drug-likeness (QED) is 0.433. The molecule has 0 aliphatic heterocycles. The second-order valence-corrected chi connectivity index (χ2v) is 2.16. The summed E-state index contributed by atoms with van der Waals surface area (Å²) in [5.41, 5.74) is -0.269. The third-order valence-electron chi connectivity index (χ3n) is 1.03. The van der Waals surface area contributed by atoms with Gasteiger partial charge in [-0.05, 0) is 12.2 Å². The number of aromatic nitrogens is 2. The average molecular weight is 171 g/mol. The van der Waals surface area contributed by atoms with E-state index in [1.165, 1.54) is 6.20 Å². The number of hydrogen-bond acceptors (Lipinski definition) is 3. The minimum atomic E-state index is -0.416. The van der Waals surface area contributed by atoms with Gasteiger partial charge in [-0.3, -0.25) is 14.6 Å². The van der Waals surface area contributed by atoms with Crippen molar-refractivity contribution in [2.45, 2.75) is 0 Å². The Kier molecular flexibility index (Phi) is 2.17. The van der Waals surface area contributed by atoms with E-state index in [4.69, 9.17) is 0 Å². The number of carbonyl (C=O) groups excluding carboxylic acids is 1. The zero-order chi connectivity index (χ0) is 8.27. The lowest BCUT2D eigenvalue weighted by atomic mass is 10.5. The maximum Gasteiger partial charge on any atom is 0.275 e. The van der Waals surface area contributed by atoms with E-state index in [0.29, 0.717) is 6.41 Å². The van der Waals surface area contributed by atoms with Gasteiger partial charge >= 0.3 is 0 Å². The number of hydrogen-bond donors (Lipinski definition) is 3. The molecule has 58 valence electrons. The number of carbonyl (C=O) groups is 1. The lowest BCUT2D eigenvalue weighted by molar-refractivity contribution is -0.105. The van der Waals surface area contributed by atoms with Crippen molar-refractivity contribution in [2.24, 2.45) is 0 Å². The SMILES string of the molecule is O=CNc1c[nH]c(=S)[nH]c1=O. The molecule has 1 heterocycles. The van der Waals surface area contributed by atoms with Crippen LogP contribution in [0.4, 0.5) is 5.69 Å². The molecule has 0 saturated heterocycles. The second-order valence-electron chi connectivity index (χ2n) is 1.75. The van der Waals surface area contributed by atoms with Crippen LogP contribution < -0.4 is 10.9 Å². The Labute approximate surface area is 66.5 Å². The fourth-order valence-corrected chi connectivity index (χ4v) is 0.732. The van der Waals surface area contributed by atoms with Gasteiger partial charge in [-0.15, -0.1) is 0 Å². The Morgan fingerprint density at radius 1 is 1.64 bits per heavy atom. The van der Waals surface area contributed by atoms with E-state index >= 15 is 0 Å². The van der Waals surface area contributed by atoms with Crippen molar-refractivity contribution in [2.75, 3.05) is 5.32 Å². The molecule has 0 radical (unpaired) electrons. The maximum atomic E-state index is 10.9. The molecule has 1 amide bonds. The standard InChI is InChI=1S/C5H5N3O2S/c9-2-7-3-1-6-5(11)8-4(3)10/h1-2H,(H,7,9)(H2,6,8,10,11). The molecule has 11 heavy (non-hydrogen) atoms. The summed E-state index contributed by atoms with van der Waals surface area (Å²) in [6, 6.07) is 0. The van der Waals surface area contributed by atoms with Gasteiger partial charge in [-0.1, -0.05) is 0 Å². The fraction of sp³-hybridized carbons (Fsp3) is 0. The van der Waals surface area contributed by atoms with Gasteiger partial charge in [0.1, 0.15) is 5.69 Å². The topological polar surface area (TPSA) is 77.8 Å². The molecule has 0 bridgehead atoms. The van der Waals surface area contributed by atoms with E-state index in [2.05, 4.69) is 27.5 Å². The molecule has 0 fully saturated rings. The smallest absolute Gasteiger partial charge is 0.275 e. The first-order valence-corrected chi connectivity index (χ1v) is 3.17. The average Bonchev–Trinajstić information content (AvgIpc) is 1.95. The molecule has 0 saturated carbocycles. The number of H-pyrrole nitrogens is 2. The first-order chi connectivity index (χ1) is 5.24. The van der Waals surface area contributed by atoms with E-state index in [1.807, 2.05) is 0 Å². The summed E-state index contributed by atoms with van der Waals surface area (Å²) < 4.78 is 0.228. The maximum absolute atomic E-state index is 10.9. The van der Waals surface area contributed by atoms with E-state index in [-0.39, 0.29) is 10.5 Å². The summed E-state index contributed by atoms with van der Waals surface area (Å²) in [5, 5.41) is 2.20. The normalized spacial score (nSPS) is 9.09. The van der Waals surface area contributed by atoms with Crippen LogP contribution in [0.15, 0.2) is 11.0 Å². The predicted molar refractivity (Wildman–Crippen MR) is 41.9 cm³/mol. The van der Waals surface area contributed by atoms with Gasteiger partial charge in [0, 0.05) is 6.20 Å². The molecule has 0 unspecified atom stereocenters. The molecule has 0 atom stereocenters. The van der Waals surface area contributed by atoms with Crippen LogP contribution in [0.25, 0.3) is 0 Å². The van der Waals surface area contributed by atoms with Gasteiger partial charge < -0.3 is 10.3 Å². The highest BCUT2D eigenvalue weighted by molar-refractivity contribution is 7.71. The first kappa shape index (κ1) is 7.67. The van der Waals surface area contributed by atoms with Crippen molar-refractivity contribution in [3.05, 3.63) is 21.3 Å². The van der Waals surface area contributed by atoms with Crippen LogP contribution >= 0.6 is 12.2 Å². The zero-order valence-corrected chi connectivity index (χ0v) is 6.20. The summed E-state index contributed by atoms with van der Waals surface area (Å²) in [4.78, 5) is 25.6. The molecule has 0 aliphatic carbocycles. The van der Waals surface area contributed by atoms with E-state index < -0.39 is 5.56 Å². The van der Waals surface area contributed by atoms with Crippen molar-refractivity contribution < 1.29 is 4.79 Å². The Morgan fingerprint density at radius 3 is 2.91 bits per heavy atom. The number of aromatic amines is 2. The Bertz CT molecular complexity index is 366. The summed E-state index contributed by atoms with van der Waals surface area (Å²) >= 11 is 4.62. The highest BCUT2D eigenvalue weighted by Crippen LogP contribution is 1.90. The molecule has 1 aromatic rings. The van der Waals surface area contributed by atoms with Crippen molar-refractivity contribution in [1.82, 2.24) is 9.97 Å². The number of amides is 1. The number of nitrogens with one attached hydrogen (secondary N) is 3. The Balaban J connectivity index is 3.19. The molecule has 0 spiro atoms. The van der Waals surface area contributed by atoms with Crippen LogP contribution in [-0.4, -0.2) is 16.4 Å². The van der Waals surface area contributed by atoms with Crippen LogP contribution in [-0.2, 0) is 4.79 Å². The molecule has 0 aromatic carbocycles. The van der Waals surface area contributed by atoms with Crippen LogP contribution in [0.3, 0.4) is 0 Å². The molecule has 5 nitrogen and oxygen atoms in total. The minimum Gasteiger partial charge on any atom is -0.337 e. The van der Waals surface area contributed by atoms with Crippen molar-refractivity contribution in [3.63, 3.8) is 0 Å². The van der Waals surface area contributed by atoms with Gasteiger partial charge in [0.05, 0.1) is 0 Å². The highest BCUT2D eigenvalue weighted by atomic mass is 32.1. The van der Waals surface area contributed by atoms with Crippen LogP contribution in [0.2, 0.25) is 0 Å². The van der Waals surface area contributed by atoms with Gasteiger partial charge in [-0.2, -0.15) is 0 Å². The summed E-state index contributed by atoms with van der Waals surface area (Å²) in [7, 11) is 0. The van der Waals surface area contributed by atoms with Gasteiger partial charge in [-0.25, -0.2) is 0 Å². The number of anilines is 1. The predicted octanol–water partition coefficient (Wildman–Crippen LogP) is 0.000790. The fourth-order valence-electron chi connectivity index (χ4n) is 0.580. The molecule has 1 rings (SSSR count). The van der Waals surface area contributed by atoms with Gasteiger partial charge in [0.2, 0.25) is 6.41 Å². The Hall–Kier alpha value is -1.43. The molecule has 0 aliphatic rings. The van der Waals surface area contributed by atoms with Crippen molar-refractivity contribution >= 4 is 24.3 Å². The molecule has 6 heteroatoms. The largest absolute Gasteiger partial charge is 0.337 e. The summed E-state index contributed by atoms with van der Waals surface area (Å²) in [5.74, 6) is 0. The van der Waals surface area contributed by atoms with E-state index in [1.54, 1.807) is 0 Å². The zero-order valence-electron chi connectivity index (χ0n) is 5.38. The molecule has 1 aromatic heterocycles. The molecule has 3 N–H and O–H groups in total. The lowest BCUT2D eigenvalue weighted by Gasteiger charge is -1.93. The first-order valence-electron chi connectivity index (χ1n) is 2.76. The van der Waals surface area contributed by atoms with E-state index in [9.17, 15) is 9.59 Å². The lowest BCUT2D eigenvalue weighted by Crippen LogP contribution is -2.13. The van der Waals surface area contributed by atoms with Crippen LogP contribution in [0.5, 0.6) is 0 Å². The Morgan fingerprint density at radius 2 is 2.36 bits per heavy atom. The molecular formula is C5H5N3O2S. The molecular weight excluding hydrogens is 166 g/mol. The van der Waals surface area contributed by atoms with Crippen molar-refractivity contribution in [1.29, 1.82) is 0 Å². The van der Waals surface area contributed by atoms with Gasteiger partial charge in [0.15, 0.2) is 4.77 Å². The second kappa shape index (κ2) is 3.11. The third kappa shape index (κ3) is 1.74. The van der Waals surface area contributed by atoms with Crippen molar-refractivity contribution in [3.8, 4) is 0 Å². The summed E-state index contributed by atoms with van der Waals surface area (Å²) in [6.45, 7) is 0. The highest BCUT2D eigenvalue weighted by Gasteiger charge is 1.94. The third-order valence-corrected chi connectivity index (χ3v) is 1.25. The van der Waals surface area contributed by atoms with Crippen LogP contribution in [0.1, 0.15) is 0 Å². The minimum absolute atomic E-state index is 0.147. The van der Waals surface area contributed by atoms with Crippen LogP contribution in [0, 0.1) is 4.77 Å². The van der Waals surface area contributed by atoms with Gasteiger partial charge in [0.25, 0.3) is 5.56 Å².